The van der Waals surface area contributed by atoms with Gasteiger partial charge < -0.3 is 20.3 Å². The fraction of sp³-hybridized carbons (Fsp3) is 0.625. The molecule has 0 amide bonds. The largest absolute Gasteiger partial charge is 0.495 e. The third kappa shape index (κ3) is 3.29. The summed E-state index contributed by atoms with van der Waals surface area (Å²) in [7, 11) is 3.87. The fourth-order valence-electron chi connectivity index (χ4n) is 3.21. The maximum Gasteiger partial charge on any atom is 0.143 e. The lowest BCUT2D eigenvalue weighted by atomic mass is 10.2. The van der Waals surface area contributed by atoms with Gasteiger partial charge in [-0.2, -0.15) is 0 Å². The predicted octanol–water partition coefficient (Wildman–Crippen LogP) is 0.562. The first-order chi connectivity index (χ1) is 10.7. The molecule has 0 atom stereocenters. The number of piperazine rings is 2. The Morgan fingerprint density at radius 3 is 2.09 bits per heavy atom. The molecule has 2 heterocycles. The number of ether oxygens (including phenoxy) is 1. The molecule has 0 spiro atoms. The van der Waals surface area contributed by atoms with Gasteiger partial charge in [0.15, 0.2) is 0 Å². The van der Waals surface area contributed by atoms with Gasteiger partial charge in [-0.05, 0) is 19.2 Å². The molecule has 3 rings (SSSR count). The molecule has 0 aromatic heterocycles. The van der Waals surface area contributed by atoms with Crippen molar-refractivity contribution < 1.29 is 4.74 Å². The summed E-state index contributed by atoms with van der Waals surface area (Å²) in [6, 6.07) is 6.06. The normalized spacial score (nSPS) is 22.0. The third-order valence-electron chi connectivity index (χ3n) is 4.72. The van der Waals surface area contributed by atoms with Gasteiger partial charge in [0.1, 0.15) is 5.75 Å². The predicted molar refractivity (Wildman–Crippen MR) is 90.3 cm³/mol. The summed E-state index contributed by atoms with van der Waals surface area (Å²) in [5.74, 6) is 0.763. The topological polar surface area (TPSA) is 48.2 Å². The number of nitrogen functional groups attached to an aromatic ring is 1. The van der Waals surface area contributed by atoms with Crippen LogP contribution in [-0.2, 0) is 0 Å². The monoisotopic (exact) mass is 305 g/mol. The van der Waals surface area contributed by atoms with Crippen LogP contribution in [0.3, 0.4) is 0 Å². The van der Waals surface area contributed by atoms with E-state index >= 15 is 0 Å². The molecule has 6 heteroatoms. The number of likely N-dealkylation sites (N-methyl/N-ethyl adjacent to an activating group) is 1. The zero-order valence-electron chi connectivity index (χ0n) is 13.7. The van der Waals surface area contributed by atoms with Gasteiger partial charge >= 0.3 is 0 Å². The van der Waals surface area contributed by atoms with Crippen LogP contribution in [0.5, 0.6) is 5.75 Å². The summed E-state index contributed by atoms with van der Waals surface area (Å²) in [5.41, 5.74) is 7.79. The number of rotatable bonds is 3. The molecule has 2 N–H and O–H groups in total. The van der Waals surface area contributed by atoms with Crippen LogP contribution in [0.2, 0.25) is 0 Å². The minimum atomic E-state index is 0.697. The Labute approximate surface area is 133 Å². The lowest BCUT2D eigenvalue weighted by Crippen LogP contribution is -2.58. The van der Waals surface area contributed by atoms with Crippen LogP contribution < -0.4 is 15.4 Å². The Morgan fingerprint density at radius 1 is 0.909 bits per heavy atom. The quantitative estimate of drug-likeness (QED) is 0.824. The van der Waals surface area contributed by atoms with Gasteiger partial charge in [0.25, 0.3) is 0 Å². The van der Waals surface area contributed by atoms with E-state index in [1.807, 2.05) is 12.1 Å². The Hall–Kier alpha value is -1.50. The third-order valence-corrected chi connectivity index (χ3v) is 4.72. The summed E-state index contributed by atoms with van der Waals surface area (Å²) in [6.07, 6.45) is 0. The lowest BCUT2D eigenvalue weighted by Gasteiger charge is -2.44. The molecule has 0 aliphatic carbocycles. The highest BCUT2D eigenvalue weighted by molar-refractivity contribution is 5.62. The minimum Gasteiger partial charge on any atom is -0.495 e. The first-order valence-corrected chi connectivity index (χ1v) is 8.04. The van der Waals surface area contributed by atoms with Crippen molar-refractivity contribution in [3.63, 3.8) is 0 Å². The molecule has 22 heavy (non-hydrogen) atoms. The molecule has 2 saturated heterocycles. The van der Waals surface area contributed by atoms with E-state index in [0.717, 1.165) is 58.1 Å². The molecular weight excluding hydrogens is 278 g/mol. The summed E-state index contributed by atoms with van der Waals surface area (Å²) < 4.78 is 5.33. The van der Waals surface area contributed by atoms with E-state index in [1.165, 1.54) is 5.69 Å². The average molecular weight is 305 g/mol. The summed E-state index contributed by atoms with van der Waals surface area (Å²) in [5, 5.41) is 5.03. The van der Waals surface area contributed by atoms with Crippen molar-refractivity contribution in [2.45, 2.75) is 0 Å². The molecule has 2 aliphatic heterocycles. The molecule has 6 nitrogen and oxygen atoms in total. The van der Waals surface area contributed by atoms with E-state index in [-0.39, 0.29) is 0 Å². The van der Waals surface area contributed by atoms with Crippen molar-refractivity contribution >= 4 is 11.4 Å². The summed E-state index contributed by atoms with van der Waals surface area (Å²) >= 11 is 0. The highest BCUT2D eigenvalue weighted by atomic mass is 16.5. The van der Waals surface area contributed by atoms with E-state index in [0.29, 0.717) is 5.69 Å². The van der Waals surface area contributed by atoms with E-state index in [9.17, 15) is 0 Å². The van der Waals surface area contributed by atoms with Crippen LogP contribution in [0.1, 0.15) is 0 Å². The van der Waals surface area contributed by atoms with Gasteiger partial charge in [0.05, 0.1) is 12.8 Å². The highest BCUT2D eigenvalue weighted by Gasteiger charge is 2.24. The van der Waals surface area contributed by atoms with E-state index < -0.39 is 0 Å². The van der Waals surface area contributed by atoms with Gasteiger partial charge in [-0.15, -0.1) is 0 Å². The highest BCUT2D eigenvalue weighted by Crippen LogP contribution is 2.28. The van der Waals surface area contributed by atoms with Crippen molar-refractivity contribution in [3.8, 4) is 5.75 Å². The number of nitrogens with two attached hydrogens (primary N) is 1. The number of anilines is 2. The standard InChI is InChI=1S/C16H27N5O/c1-18-5-9-20(10-6-18)21-11-7-19(8-12-21)14-3-4-15(17)16(13-14)22-2/h3-4,13H,5-12,17H2,1-2H3. The minimum absolute atomic E-state index is 0.697. The number of hydrogen-bond acceptors (Lipinski definition) is 6. The van der Waals surface area contributed by atoms with Crippen LogP contribution in [0.15, 0.2) is 18.2 Å². The van der Waals surface area contributed by atoms with Crippen molar-refractivity contribution in [2.75, 3.05) is 77.1 Å². The average Bonchev–Trinajstić information content (AvgIpc) is 2.56. The van der Waals surface area contributed by atoms with Crippen LogP contribution in [0, 0.1) is 0 Å². The summed E-state index contributed by atoms with van der Waals surface area (Å²) in [6.45, 7) is 8.86. The maximum absolute atomic E-state index is 5.90. The zero-order chi connectivity index (χ0) is 15.5. The molecule has 122 valence electrons. The van der Waals surface area contributed by atoms with E-state index in [2.05, 4.69) is 32.9 Å². The number of nitrogens with zero attached hydrogens (tertiary/aromatic N) is 4. The smallest absolute Gasteiger partial charge is 0.143 e. The van der Waals surface area contributed by atoms with Gasteiger partial charge in [0, 0.05) is 64.1 Å². The van der Waals surface area contributed by atoms with Crippen LogP contribution in [0.25, 0.3) is 0 Å². The Balaban J connectivity index is 1.57. The van der Waals surface area contributed by atoms with Gasteiger partial charge in [-0.3, -0.25) is 0 Å². The second kappa shape index (κ2) is 6.73. The molecule has 0 radical (unpaired) electrons. The lowest BCUT2D eigenvalue weighted by molar-refractivity contribution is -0.0564. The second-order valence-electron chi connectivity index (χ2n) is 6.12. The van der Waals surface area contributed by atoms with E-state index in [4.69, 9.17) is 10.5 Å². The van der Waals surface area contributed by atoms with Gasteiger partial charge in [-0.25, -0.2) is 10.0 Å². The fourth-order valence-corrected chi connectivity index (χ4v) is 3.21. The van der Waals surface area contributed by atoms with Gasteiger partial charge in [-0.1, -0.05) is 0 Å². The Bertz CT molecular complexity index is 493. The van der Waals surface area contributed by atoms with Crippen LogP contribution >= 0.6 is 0 Å². The molecule has 0 bridgehead atoms. The number of hydrogen-bond donors (Lipinski definition) is 1. The second-order valence-corrected chi connectivity index (χ2v) is 6.12. The van der Waals surface area contributed by atoms with Gasteiger partial charge in [0.2, 0.25) is 0 Å². The molecule has 0 saturated carbocycles. The molecule has 1 aromatic rings. The number of benzene rings is 1. The molecule has 2 fully saturated rings. The number of methoxy groups -OCH3 is 1. The first kappa shape index (κ1) is 15.4. The molecular formula is C16H27N5O. The Morgan fingerprint density at radius 2 is 1.50 bits per heavy atom. The van der Waals surface area contributed by atoms with Crippen LogP contribution in [-0.4, -0.2) is 81.4 Å². The molecule has 2 aliphatic rings. The SMILES string of the molecule is COc1cc(N2CCN(N3CCN(C)CC3)CC2)ccc1N. The zero-order valence-corrected chi connectivity index (χ0v) is 13.7. The molecule has 1 aromatic carbocycles. The number of hydrazine groups is 1. The van der Waals surface area contributed by atoms with Crippen molar-refractivity contribution in [1.29, 1.82) is 0 Å². The van der Waals surface area contributed by atoms with Crippen molar-refractivity contribution in [3.05, 3.63) is 18.2 Å². The first-order valence-electron chi connectivity index (χ1n) is 8.04. The molecule has 0 unspecified atom stereocenters. The van der Waals surface area contributed by atoms with Crippen LogP contribution in [0.4, 0.5) is 11.4 Å². The maximum atomic E-state index is 5.90. The van der Waals surface area contributed by atoms with E-state index in [1.54, 1.807) is 7.11 Å². The van der Waals surface area contributed by atoms with Crippen molar-refractivity contribution in [2.24, 2.45) is 0 Å². The van der Waals surface area contributed by atoms with Crippen molar-refractivity contribution in [1.82, 2.24) is 14.9 Å². The Kier molecular flexibility index (Phi) is 4.71. The summed E-state index contributed by atoms with van der Waals surface area (Å²) in [4.78, 5) is 4.81.